The molecule has 1 amide bonds. The third-order valence-electron chi connectivity index (χ3n) is 3.96. The van der Waals surface area contributed by atoms with Crippen LogP contribution in [0.4, 0.5) is 11.4 Å². The van der Waals surface area contributed by atoms with Gasteiger partial charge < -0.3 is 9.73 Å². The Kier molecular flexibility index (Phi) is 6.40. The minimum atomic E-state index is -3.73. The van der Waals surface area contributed by atoms with Gasteiger partial charge in [-0.3, -0.25) is 14.9 Å². The molecule has 2 N–H and O–H groups in total. The number of non-ortho nitro benzene ring substituents is 1. The molecule has 3 aromatic rings. The van der Waals surface area contributed by atoms with Gasteiger partial charge in [0.05, 0.1) is 22.6 Å². The van der Waals surface area contributed by atoms with Crippen LogP contribution >= 0.6 is 0 Å². The highest BCUT2D eigenvalue weighted by Gasteiger charge is 2.14. The number of nitro benzene ring substituents is 1. The summed E-state index contributed by atoms with van der Waals surface area (Å²) in [5.74, 6) is 0.0195. The second-order valence-electron chi connectivity index (χ2n) is 6.10. The molecule has 0 aliphatic heterocycles. The highest BCUT2D eigenvalue weighted by Crippen LogP contribution is 2.16. The predicted octanol–water partition coefficient (Wildman–Crippen LogP) is 3.32. The van der Waals surface area contributed by atoms with Crippen LogP contribution < -0.4 is 10.0 Å². The highest BCUT2D eigenvalue weighted by molar-refractivity contribution is 7.89. The average Bonchev–Trinajstić information content (AvgIpc) is 3.25. The fourth-order valence-corrected chi connectivity index (χ4v) is 3.47. The smallest absolute Gasteiger partial charge is 0.270 e. The van der Waals surface area contributed by atoms with Gasteiger partial charge in [0.15, 0.2) is 0 Å². The molecule has 10 heteroatoms. The van der Waals surface area contributed by atoms with Gasteiger partial charge in [-0.2, -0.15) is 0 Å². The molecule has 0 radical (unpaired) electrons. The van der Waals surface area contributed by atoms with Crippen molar-refractivity contribution in [1.29, 1.82) is 0 Å². The summed E-state index contributed by atoms with van der Waals surface area (Å²) in [7, 11) is -3.73. The molecule has 0 unspecified atom stereocenters. The quantitative estimate of drug-likeness (QED) is 0.322. The van der Waals surface area contributed by atoms with Crippen LogP contribution in [0.15, 0.2) is 82.3 Å². The van der Waals surface area contributed by atoms with Crippen LogP contribution in [-0.2, 0) is 21.4 Å². The van der Waals surface area contributed by atoms with Gasteiger partial charge in [-0.25, -0.2) is 13.1 Å². The van der Waals surface area contributed by atoms with Crippen molar-refractivity contribution in [1.82, 2.24) is 4.72 Å². The van der Waals surface area contributed by atoms with Crippen molar-refractivity contribution in [2.45, 2.75) is 11.4 Å². The first-order valence-corrected chi connectivity index (χ1v) is 10.2. The second-order valence-corrected chi connectivity index (χ2v) is 7.87. The Bertz CT molecular complexity index is 1170. The summed E-state index contributed by atoms with van der Waals surface area (Å²) in [6, 6.07) is 14.8. The van der Waals surface area contributed by atoms with E-state index >= 15 is 0 Å². The number of rotatable bonds is 8. The van der Waals surface area contributed by atoms with Crippen LogP contribution in [0, 0.1) is 10.1 Å². The molecule has 0 aliphatic rings. The molecule has 0 saturated carbocycles. The molecule has 2 aromatic carbocycles. The first-order valence-electron chi connectivity index (χ1n) is 8.69. The Balaban J connectivity index is 1.60. The molecule has 30 heavy (non-hydrogen) atoms. The number of benzene rings is 2. The molecule has 1 aromatic heterocycles. The number of hydrogen-bond donors (Lipinski definition) is 2. The summed E-state index contributed by atoms with van der Waals surface area (Å²) in [4.78, 5) is 22.4. The predicted molar refractivity (Wildman–Crippen MR) is 110 cm³/mol. The number of hydrogen-bond acceptors (Lipinski definition) is 6. The van der Waals surface area contributed by atoms with Gasteiger partial charge in [0.2, 0.25) is 15.9 Å². The van der Waals surface area contributed by atoms with E-state index in [2.05, 4.69) is 10.0 Å². The van der Waals surface area contributed by atoms with Gasteiger partial charge in [-0.15, -0.1) is 0 Å². The van der Waals surface area contributed by atoms with E-state index in [9.17, 15) is 23.3 Å². The van der Waals surface area contributed by atoms with Crippen molar-refractivity contribution in [3.05, 3.63) is 94.4 Å². The lowest BCUT2D eigenvalue weighted by molar-refractivity contribution is -0.384. The van der Waals surface area contributed by atoms with Gasteiger partial charge in [-0.05, 0) is 48.0 Å². The molecule has 1 heterocycles. The van der Waals surface area contributed by atoms with Crippen LogP contribution in [0.5, 0.6) is 0 Å². The Morgan fingerprint density at radius 3 is 2.53 bits per heavy atom. The van der Waals surface area contributed by atoms with Gasteiger partial charge in [0.25, 0.3) is 5.69 Å². The zero-order valence-electron chi connectivity index (χ0n) is 15.5. The van der Waals surface area contributed by atoms with Crippen molar-refractivity contribution >= 4 is 33.4 Å². The fourth-order valence-electron chi connectivity index (χ4n) is 2.48. The topological polar surface area (TPSA) is 132 Å². The number of sulfonamides is 1. The van der Waals surface area contributed by atoms with E-state index in [4.69, 9.17) is 4.42 Å². The zero-order valence-corrected chi connectivity index (χ0v) is 16.3. The van der Waals surface area contributed by atoms with Crippen molar-refractivity contribution < 1.29 is 22.6 Å². The lowest BCUT2D eigenvalue weighted by Crippen LogP contribution is -2.23. The van der Waals surface area contributed by atoms with Crippen molar-refractivity contribution in [3.8, 4) is 0 Å². The summed E-state index contributed by atoms with van der Waals surface area (Å²) >= 11 is 0. The number of carbonyl (C=O) groups is 1. The van der Waals surface area contributed by atoms with E-state index in [-0.39, 0.29) is 17.1 Å². The number of nitro groups is 1. The largest absolute Gasteiger partial charge is 0.468 e. The van der Waals surface area contributed by atoms with E-state index in [1.54, 1.807) is 18.2 Å². The number of nitrogens with one attached hydrogen (secondary N) is 2. The molecule has 0 spiro atoms. The van der Waals surface area contributed by atoms with E-state index in [0.717, 1.165) is 0 Å². The third kappa shape index (κ3) is 5.63. The maximum Gasteiger partial charge on any atom is 0.270 e. The molecule has 0 bridgehead atoms. The fraction of sp³-hybridized carbons (Fsp3) is 0.0500. The first kappa shape index (κ1) is 21.0. The molecule has 0 atom stereocenters. The van der Waals surface area contributed by atoms with Crippen molar-refractivity contribution in [3.63, 3.8) is 0 Å². The molecule has 0 fully saturated rings. The standard InChI is InChI=1S/C20H17N3O6S/c24-20(11-6-15-3-1-4-17(13-15)23(25)26)22-16-7-9-19(10-8-16)30(27,28)21-14-18-5-2-12-29-18/h1-13,21H,14H2,(H,22,24)/b11-6+. The molecule has 3 rings (SSSR count). The number of amides is 1. The Hall–Kier alpha value is -3.76. The van der Waals surface area contributed by atoms with Crippen LogP contribution in [0.1, 0.15) is 11.3 Å². The third-order valence-corrected chi connectivity index (χ3v) is 5.37. The highest BCUT2D eigenvalue weighted by atomic mass is 32.2. The minimum Gasteiger partial charge on any atom is -0.468 e. The average molecular weight is 427 g/mol. The Morgan fingerprint density at radius 1 is 1.10 bits per heavy atom. The molecule has 0 aliphatic carbocycles. The van der Waals surface area contributed by atoms with E-state index in [0.29, 0.717) is 17.0 Å². The lowest BCUT2D eigenvalue weighted by Gasteiger charge is -2.07. The summed E-state index contributed by atoms with van der Waals surface area (Å²) in [5.41, 5.74) is 0.826. The van der Waals surface area contributed by atoms with Crippen molar-refractivity contribution in [2.75, 3.05) is 5.32 Å². The maximum atomic E-state index is 12.3. The molecule has 0 saturated heterocycles. The second kappa shape index (κ2) is 9.16. The van der Waals surface area contributed by atoms with Crippen LogP contribution in [0.25, 0.3) is 6.08 Å². The summed E-state index contributed by atoms with van der Waals surface area (Å²) < 4.78 is 32.1. The first-order chi connectivity index (χ1) is 14.3. The molecule has 154 valence electrons. The van der Waals surface area contributed by atoms with Crippen molar-refractivity contribution in [2.24, 2.45) is 0 Å². The van der Waals surface area contributed by atoms with E-state index < -0.39 is 20.9 Å². The van der Waals surface area contributed by atoms with Gasteiger partial charge in [-0.1, -0.05) is 12.1 Å². The van der Waals surface area contributed by atoms with E-state index in [1.165, 1.54) is 60.9 Å². The number of anilines is 1. The van der Waals surface area contributed by atoms with E-state index in [1.807, 2.05) is 0 Å². The van der Waals surface area contributed by atoms with Gasteiger partial charge in [0, 0.05) is 23.9 Å². The number of carbonyl (C=O) groups excluding carboxylic acids is 1. The maximum absolute atomic E-state index is 12.3. The lowest BCUT2D eigenvalue weighted by atomic mass is 10.2. The molecule has 9 nitrogen and oxygen atoms in total. The minimum absolute atomic E-state index is 0.0241. The molecular weight excluding hydrogens is 410 g/mol. The molecular formula is C20H17N3O6S. The normalized spacial score (nSPS) is 11.5. The summed E-state index contributed by atoms with van der Waals surface area (Å²) in [6.45, 7) is 0.0241. The Labute approximate surface area is 172 Å². The Morgan fingerprint density at radius 2 is 1.87 bits per heavy atom. The van der Waals surface area contributed by atoms with Crippen LogP contribution in [0.2, 0.25) is 0 Å². The summed E-state index contributed by atoms with van der Waals surface area (Å²) in [5, 5.41) is 13.4. The zero-order chi connectivity index (χ0) is 21.6. The number of nitrogens with zero attached hydrogens (tertiary/aromatic N) is 1. The van der Waals surface area contributed by atoms with Crippen LogP contribution in [-0.4, -0.2) is 19.2 Å². The number of furan rings is 1. The SMILES string of the molecule is O=C(/C=C/c1cccc([N+](=O)[O-])c1)Nc1ccc(S(=O)(=O)NCc2ccco2)cc1. The van der Waals surface area contributed by atoms with Gasteiger partial charge >= 0.3 is 0 Å². The van der Waals surface area contributed by atoms with Gasteiger partial charge in [0.1, 0.15) is 5.76 Å². The van der Waals surface area contributed by atoms with Crippen LogP contribution in [0.3, 0.4) is 0 Å². The monoisotopic (exact) mass is 427 g/mol. The summed E-state index contributed by atoms with van der Waals surface area (Å²) in [6.07, 6.45) is 4.13.